The molecule has 2 aliphatic rings. The molecule has 0 spiro atoms. The topological polar surface area (TPSA) is 0 Å². The Morgan fingerprint density at radius 1 is 0.542 bits per heavy atom. The fourth-order valence-electron chi connectivity index (χ4n) is 8.72. The summed E-state index contributed by atoms with van der Waals surface area (Å²) in [4.78, 5) is 0. The molecule has 0 aromatic heterocycles. The minimum absolute atomic E-state index is 0.598. The van der Waals surface area contributed by atoms with E-state index in [4.69, 9.17) is 0 Å². The van der Waals surface area contributed by atoms with Gasteiger partial charge in [0.15, 0.2) is 0 Å². The average molecular weight is 729 g/mol. The third kappa shape index (κ3) is 5.88. The molecule has 2 aliphatic carbocycles. The van der Waals surface area contributed by atoms with Gasteiger partial charge in [-0.3, -0.25) is 0 Å². The molecule has 0 bridgehead atoms. The average Bonchev–Trinajstić information content (AvgIpc) is 3.65. The summed E-state index contributed by atoms with van der Waals surface area (Å²) in [7, 11) is 0. The van der Waals surface area contributed by atoms with E-state index in [2.05, 4.69) is 155 Å². The zero-order valence-corrected chi connectivity index (χ0v) is 35.3. The number of fused-ring (bicyclic) bond motifs is 2. The predicted molar refractivity (Wildman–Crippen MR) is 211 cm³/mol. The van der Waals surface area contributed by atoms with Crippen molar-refractivity contribution in [2.45, 2.75) is 102 Å². The molecule has 2 heteroatoms. The van der Waals surface area contributed by atoms with Crippen LogP contribution in [0, 0.1) is 53.4 Å². The molecule has 0 aliphatic heterocycles. The van der Waals surface area contributed by atoms with E-state index in [9.17, 15) is 0 Å². The Hall–Kier alpha value is -2.54. The fraction of sp³-hybridized carbons (Fsp3) is 0.391. The van der Waals surface area contributed by atoms with Crippen LogP contribution in [-0.4, -0.2) is 5.92 Å². The molecule has 0 amide bonds. The molecule has 0 N–H and O–H groups in total. The van der Waals surface area contributed by atoms with E-state index < -0.39 is 26.8 Å². The zero-order valence-electron chi connectivity index (χ0n) is 31.7. The van der Waals surface area contributed by atoms with Crippen LogP contribution in [0.4, 0.5) is 0 Å². The number of allylic oxidation sites excluding steroid dienone is 2. The van der Waals surface area contributed by atoms with Crippen molar-refractivity contribution in [3.05, 3.63) is 127 Å². The summed E-state index contributed by atoms with van der Waals surface area (Å²) in [5.41, 5.74) is 24.1. The van der Waals surface area contributed by atoms with Gasteiger partial charge in [0.2, 0.25) is 0 Å². The molecular weight excluding hydrogens is 672 g/mol. The first-order chi connectivity index (χ1) is 22.9. The van der Waals surface area contributed by atoms with E-state index in [0.29, 0.717) is 19.1 Å². The summed E-state index contributed by atoms with van der Waals surface area (Å²) in [5.74, 6) is 0.192. The number of hydrogen-bond donors (Lipinski definition) is 0. The Morgan fingerprint density at radius 3 is 1.29 bits per heavy atom. The van der Waals surface area contributed by atoms with Gasteiger partial charge >= 0.3 is 303 Å². The van der Waals surface area contributed by atoms with Gasteiger partial charge < -0.3 is 0 Å². The van der Waals surface area contributed by atoms with Gasteiger partial charge in [0.25, 0.3) is 0 Å². The van der Waals surface area contributed by atoms with E-state index in [1.807, 2.05) is 0 Å². The first-order valence-electron chi connectivity index (χ1n) is 18.6. The van der Waals surface area contributed by atoms with Gasteiger partial charge in [0, 0.05) is 0 Å². The van der Waals surface area contributed by atoms with Gasteiger partial charge in [-0.1, -0.05) is 0 Å². The molecular formula is C46H57SiZr. The van der Waals surface area contributed by atoms with Gasteiger partial charge in [0.1, 0.15) is 0 Å². The SMILES string of the molecule is CCC(C)C1=Cc2c(-c3ccc(C)c(C)c3C)cccc2[CH]1[Zr]([CH]1C(C(C)CC)=Cc2c(-c3ccc(C)c(C)c3C)cccc21)[SiH](C)C. The quantitative estimate of drug-likeness (QED) is 0.151. The van der Waals surface area contributed by atoms with Crippen LogP contribution >= 0.6 is 0 Å². The molecule has 4 unspecified atom stereocenters. The molecule has 0 saturated heterocycles. The zero-order chi connectivity index (χ0) is 34.6. The predicted octanol–water partition coefficient (Wildman–Crippen LogP) is 13.1. The van der Waals surface area contributed by atoms with Crippen molar-refractivity contribution in [3.8, 4) is 22.3 Å². The molecule has 4 atom stereocenters. The standard InChI is InChI=1S/2C22H25.C2H7Si.Zr/c2*1-6-14(2)19-12-18-8-7-9-21(22(18)13-19)20-11-10-15(3)16(4)17(20)5;1-3-2;/h2*7-14H,6H2,1-5H3;3H,1-2H3;. The third-order valence-corrected chi connectivity index (χ3v) is 34.1. The Kier molecular flexibility index (Phi) is 10.3. The van der Waals surface area contributed by atoms with Crippen LogP contribution in [0.3, 0.4) is 0 Å². The molecule has 0 saturated carbocycles. The third-order valence-electron chi connectivity index (χ3n) is 12.6. The molecule has 0 nitrogen and oxygen atoms in total. The number of hydrogen-bond acceptors (Lipinski definition) is 0. The van der Waals surface area contributed by atoms with Gasteiger partial charge in [-0.15, -0.1) is 0 Å². The van der Waals surface area contributed by atoms with Crippen molar-refractivity contribution < 1.29 is 20.9 Å². The van der Waals surface area contributed by atoms with Crippen LogP contribution in [0.1, 0.15) is 103 Å². The molecule has 0 radical (unpaired) electrons. The van der Waals surface area contributed by atoms with Gasteiger partial charge in [-0.25, -0.2) is 0 Å². The first-order valence-corrected chi connectivity index (χ1v) is 28.6. The molecule has 48 heavy (non-hydrogen) atoms. The van der Waals surface area contributed by atoms with Gasteiger partial charge in [-0.2, -0.15) is 0 Å². The van der Waals surface area contributed by atoms with Crippen molar-refractivity contribution in [1.29, 1.82) is 0 Å². The number of rotatable bonds is 9. The second-order valence-corrected chi connectivity index (χ2v) is 35.5. The Morgan fingerprint density at radius 2 is 0.938 bits per heavy atom. The second-order valence-electron chi connectivity index (χ2n) is 15.4. The van der Waals surface area contributed by atoms with Gasteiger partial charge in [-0.05, 0) is 0 Å². The van der Waals surface area contributed by atoms with Crippen molar-refractivity contribution >= 4 is 18.1 Å². The van der Waals surface area contributed by atoms with E-state index in [-0.39, 0.29) is 0 Å². The Labute approximate surface area is 301 Å². The van der Waals surface area contributed by atoms with Crippen LogP contribution in [0.2, 0.25) is 13.1 Å². The normalized spacial score (nSPS) is 18.0. The van der Waals surface area contributed by atoms with Crippen LogP contribution in [0.15, 0.2) is 71.8 Å². The van der Waals surface area contributed by atoms with Crippen molar-refractivity contribution in [3.63, 3.8) is 0 Å². The van der Waals surface area contributed by atoms with E-state index in [0.717, 1.165) is 0 Å². The molecule has 0 fully saturated rings. The summed E-state index contributed by atoms with van der Waals surface area (Å²) >= 11 is -2.27. The minimum atomic E-state index is -2.27. The maximum atomic E-state index is 2.72. The Bertz CT molecular complexity index is 1800. The van der Waals surface area contributed by atoms with E-state index in [1.54, 1.807) is 22.3 Å². The number of benzene rings is 4. The second kappa shape index (κ2) is 14.0. The molecule has 0 heterocycles. The molecule has 249 valence electrons. The van der Waals surface area contributed by atoms with Crippen LogP contribution < -0.4 is 0 Å². The molecule has 4 aromatic carbocycles. The molecule has 4 aromatic rings. The summed E-state index contributed by atoms with van der Waals surface area (Å²) in [6, 6.07) is 24.1. The van der Waals surface area contributed by atoms with Crippen LogP contribution in [0.25, 0.3) is 34.4 Å². The maximum absolute atomic E-state index is 2.72. The summed E-state index contributed by atoms with van der Waals surface area (Å²) in [6.07, 6.45) is 7.81. The van der Waals surface area contributed by atoms with Crippen LogP contribution in [-0.2, 0) is 20.9 Å². The van der Waals surface area contributed by atoms with Crippen molar-refractivity contribution in [2.75, 3.05) is 0 Å². The van der Waals surface area contributed by atoms with E-state index in [1.165, 1.54) is 79.6 Å². The van der Waals surface area contributed by atoms with Crippen LogP contribution in [0.5, 0.6) is 0 Å². The monoisotopic (exact) mass is 727 g/mol. The van der Waals surface area contributed by atoms with Crippen molar-refractivity contribution in [1.82, 2.24) is 0 Å². The molecule has 6 rings (SSSR count). The number of aryl methyl sites for hydroxylation is 2. The van der Waals surface area contributed by atoms with Gasteiger partial charge in [0.05, 0.1) is 0 Å². The summed E-state index contributed by atoms with van der Waals surface area (Å²) in [5, 5.41) is 0. The van der Waals surface area contributed by atoms with E-state index >= 15 is 0 Å². The fourth-order valence-corrected chi connectivity index (χ4v) is 31.8. The summed E-state index contributed by atoms with van der Waals surface area (Å²) < 4.78 is 1.29. The first kappa shape index (κ1) is 35.3. The Balaban J connectivity index is 1.57. The van der Waals surface area contributed by atoms with Crippen molar-refractivity contribution in [2.24, 2.45) is 11.8 Å². The summed E-state index contributed by atoms with van der Waals surface area (Å²) in [6.45, 7) is 29.0.